The Hall–Kier alpha value is -3.10. The normalized spacial score (nSPS) is 17.8. The van der Waals surface area contributed by atoms with Crippen molar-refractivity contribution in [1.82, 2.24) is 4.90 Å². The average Bonchev–Trinajstić information content (AvgIpc) is 2.67. The molecule has 1 unspecified atom stereocenters. The largest absolute Gasteiger partial charge is 0.478 e. The molecular weight excluding hydrogens is 378 g/mol. The maximum atomic E-state index is 12.5. The number of benzene rings is 1. The summed E-state index contributed by atoms with van der Waals surface area (Å²) >= 11 is 0. The lowest BCUT2D eigenvalue weighted by Gasteiger charge is -2.45. The van der Waals surface area contributed by atoms with Crippen LogP contribution in [-0.2, 0) is 9.53 Å². The predicted octanol–water partition coefficient (Wildman–Crippen LogP) is 2.60. The molecule has 2 amide bonds. The highest BCUT2D eigenvalue weighted by atomic mass is 16.6. The van der Waals surface area contributed by atoms with Crippen molar-refractivity contribution in [1.29, 1.82) is 0 Å². The maximum Gasteiger partial charge on any atom is 0.410 e. The molecule has 1 aromatic carbocycles. The first kappa shape index (κ1) is 22.2. The highest BCUT2D eigenvalue weighted by Crippen LogP contribution is 2.36. The summed E-state index contributed by atoms with van der Waals surface area (Å²) in [5.41, 5.74) is 0.128. The van der Waals surface area contributed by atoms with Crippen LogP contribution in [0, 0.1) is 0 Å². The molecule has 0 aliphatic carbocycles. The number of aromatic carboxylic acids is 1. The molecule has 0 aromatic heterocycles. The number of piperazine rings is 1. The SMILES string of the molecule is CC.CC(C)(C)OC(=O)N1CCN2c3cc(C=O)c(C(=O)O)cc3NC(=O)C2C1. The first-order valence-electron chi connectivity index (χ1n) is 9.52. The zero-order chi connectivity index (χ0) is 21.9. The molecule has 2 aliphatic rings. The fourth-order valence-electron chi connectivity index (χ4n) is 3.23. The van der Waals surface area contributed by atoms with Gasteiger partial charge in [-0.3, -0.25) is 9.59 Å². The Kier molecular flexibility index (Phi) is 6.51. The van der Waals surface area contributed by atoms with E-state index in [9.17, 15) is 24.3 Å². The zero-order valence-electron chi connectivity index (χ0n) is 17.3. The lowest BCUT2D eigenvalue weighted by atomic mass is 10.00. The Morgan fingerprint density at radius 1 is 1.24 bits per heavy atom. The summed E-state index contributed by atoms with van der Waals surface area (Å²) in [6.45, 7) is 10.1. The molecule has 0 saturated carbocycles. The minimum atomic E-state index is -1.24. The van der Waals surface area contributed by atoms with Crippen molar-refractivity contribution >= 4 is 35.6 Å². The Labute approximate surface area is 169 Å². The zero-order valence-corrected chi connectivity index (χ0v) is 17.3. The summed E-state index contributed by atoms with van der Waals surface area (Å²) < 4.78 is 5.37. The van der Waals surface area contributed by atoms with Crippen LogP contribution >= 0.6 is 0 Å². The third-order valence-corrected chi connectivity index (χ3v) is 4.43. The van der Waals surface area contributed by atoms with E-state index < -0.39 is 23.7 Å². The second-order valence-electron chi connectivity index (χ2n) is 7.50. The van der Waals surface area contributed by atoms with E-state index >= 15 is 0 Å². The second kappa shape index (κ2) is 8.50. The lowest BCUT2D eigenvalue weighted by molar-refractivity contribution is -0.118. The van der Waals surface area contributed by atoms with E-state index in [-0.39, 0.29) is 23.6 Å². The van der Waals surface area contributed by atoms with Crippen molar-refractivity contribution in [3.63, 3.8) is 0 Å². The van der Waals surface area contributed by atoms with Gasteiger partial charge in [0.15, 0.2) is 6.29 Å². The van der Waals surface area contributed by atoms with Crippen molar-refractivity contribution in [3.05, 3.63) is 23.3 Å². The lowest BCUT2D eigenvalue weighted by Crippen LogP contribution is -2.61. The number of amides is 2. The molecule has 1 saturated heterocycles. The first-order valence-corrected chi connectivity index (χ1v) is 9.52. The van der Waals surface area contributed by atoms with Crippen molar-refractivity contribution < 1.29 is 29.0 Å². The van der Waals surface area contributed by atoms with Crippen LogP contribution in [0.15, 0.2) is 12.1 Å². The van der Waals surface area contributed by atoms with Gasteiger partial charge in [0.25, 0.3) is 0 Å². The number of anilines is 2. The Morgan fingerprint density at radius 3 is 2.45 bits per heavy atom. The molecule has 158 valence electrons. The molecule has 29 heavy (non-hydrogen) atoms. The summed E-state index contributed by atoms with van der Waals surface area (Å²) in [5.74, 6) is -1.59. The number of carboxylic acids is 1. The number of hydrogen-bond acceptors (Lipinski definition) is 6. The molecule has 1 aromatic rings. The summed E-state index contributed by atoms with van der Waals surface area (Å²) in [7, 11) is 0. The molecule has 0 radical (unpaired) electrons. The van der Waals surface area contributed by atoms with Gasteiger partial charge in [-0.1, -0.05) is 13.8 Å². The predicted molar refractivity (Wildman–Crippen MR) is 108 cm³/mol. The number of carbonyl (C=O) groups excluding carboxylic acids is 3. The van der Waals surface area contributed by atoms with Crippen molar-refractivity contribution in [2.24, 2.45) is 0 Å². The minimum Gasteiger partial charge on any atom is -0.478 e. The van der Waals surface area contributed by atoms with E-state index in [0.29, 0.717) is 30.8 Å². The molecule has 0 spiro atoms. The van der Waals surface area contributed by atoms with Gasteiger partial charge in [-0.15, -0.1) is 0 Å². The van der Waals surface area contributed by atoms with E-state index in [1.165, 1.54) is 17.0 Å². The molecule has 0 bridgehead atoms. The number of carbonyl (C=O) groups is 4. The molecule has 2 N–H and O–H groups in total. The van der Waals surface area contributed by atoms with Gasteiger partial charge < -0.3 is 25.0 Å². The third-order valence-electron chi connectivity index (χ3n) is 4.43. The third kappa shape index (κ3) is 4.67. The average molecular weight is 405 g/mol. The molecule has 1 atom stereocenters. The van der Waals surface area contributed by atoms with Crippen LogP contribution in [0.2, 0.25) is 0 Å². The first-order chi connectivity index (χ1) is 13.6. The number of fused-ring (bicyclic) bond motifs is 3. The van der Waals surface area contributed by atoms with Gasteiger partial charge in [0.05, 0.1) is 23.5 Å². The summed E-state index contributed by atoms with van der Waals surface area (Å²) in [6, 6.07) is 2.10. The number of aldehydes is 1. The number of rotatable bonds is 2. The van der Waals surface area contributed by atoms with E-state index in [2.05, 4.69) is 5.32 Å². The van der Waals surface area contributed by atoms with Gasteiger partial charge in [-0.05, 0) is 32.9 Å². The fraction of sp³-hybridized carbons (Fsp3) is 0.500. The van der Waals surface area contributed by atoms with Gasteiger partial charge in [-0.25, -0.2) is 9.59 Å². The maximum absolute atomic E-state index is 12.5. The molecule has 1 fully saturated rings. The van der Waals surface area contributed by atoms with Gasteiger partial charge in [0.1, 0.15) is 11.6 Å². The highest BCUT2D eigenvalue weighted by molar-refractivity contribution is 6.08. The minimum absolute atomic E-state index is 0.0331. The van der Waals surface area contributed by atoms with Crippen LogP contribution in [0.25, 0.3) is 0 Å². The Balaban J connectivity index is 0.00000145. The smallest absolute Gasteiger partial charge is 0.410 e. The van der Waals surface area contributed by atoms with Crippen LogP contribution < -0.4 is 10.2 Å². The summed E-state index contributed by atoms with van der Waals surface area (Å²) in [4.78, 5) is 50.7. The van der Waals surface area contributed by atoms with Crippen molar-refractivity contribution in [3.8, 4) is 0 Å². The van der Waals surface area contributed by atoms with E-state index in [1.54, 1.807) is 25.7 Å². The molecule has 2 heterocycles. The molecule has 9 heteroatoms. The van der Waals surface area contributed by atoms with Gasteiger partial charge in [0.2, 0.25) is 5.91 Å². The molecular formula is C20H27N3O6. The van der Waals surface area contributed by atoms with Crippen molar-refractivity contribution in [2.75, 3.05) is 29.9 Å². The van der Waals surface area contributed by atoms with Crippen LogP contribution in [0.3, 0.4) is 0 Å². The number of hydrogen-bond donors (Lipinski definition) is 2. The monoisotopic (exact) mass is 405 g/mol. The van der Waals surface area contributed by atoms with E-state index in [1.807, 2.05) is 13.8 Å². The van der Waals surface area contributed by atoms with Crippen LogP contribution in [0.4, 0.5) is 16.2 Å². The number of ether oxygens (including phenoxy) is 1. The van der Waals surface area contributed by atoms with E-state index in [4.69, 9.17) is 4.74 Å². The van der Waals surface area contributed by atoms with Gasteiger partial charge >= 0.3 is 12.1 Å². The number of carboxylic acid groups (broad SMARTS) is 1. The summed E-state index contributed by atoms with van der Waals surface area (Å²) in [6.07, 6.45) is -0.0119. The Morgan fingerprint density at radius 2 is 1.90 bits per heavy atom. The standard InChI is InChI=1S/C18H21N3O6.C2H6/c1-18(2,3)27-17(26)20-4-5-21-13-6-10(9-22)11(16(24)25)7-12(13)19-15(23)14(21)8-20;1-2/h6-7,9,14H,4-5,8H2,1-3H3,(H,19,23)(H,24,25);1-2H3. The molecule has 2 aliphatic heterocycles. The molecule has 9 nitrogen and oxygen atoms in total. The van der Waals surface area contributed by atoms with Crippen LogP contribution in [-0.4, -0.2) is 65.5 Å². The van der Waals surface area contributed by atoms with Gasteiger partial charge in [0, 0.05) is 18.7 Å². The van der Waals surface area contributed by atoms with Crippen LogP contribution in [0.1, 0.15) is 55.3 Å². The van der Waals surface area contributed by atoms with Crippen LogP contribution in [0.5, 0.6) is 0 Å². The highest BCUT2D eigenvalue weighted by Gasteiger charge is 2.40. The quantitative estimate of drug-likeness (QED) is 0.727. The topological polar surface area (TPSA) is 116 Å². The van der Waals surface area contributed by atoms with Gasteiger partial charge in [-0.2, -0.15) is 0 Å². The number of nitrogens with one attached hydrogen (secondary N) is 1. The molecule has 3 rings (SSSR count). The Bertz CT molecular complexity index is 830. The van der Waals surface area contributed by atoms with Crippen molar-refractivity contribution in [2.45, 2.75) is 46.3 Å². The number of nitrogens with zero attached hydrogens (tertiary/aromatic N) is 2. The second-order valence-corrected chi connectivity index (χ2v) is 7.50. The fourth-order valence-corrected chi connectivity index (χ4v) is 3.23. The summed E-state index contributed by atoms with van der Waals surface area (Å²) in [5, 5.41) is 11.9. The van der Waals surface area contributed by atoms with E-state index in [0.717, 1.165) is 0 Å².